The number of rotatable bonds is 4. The molecular formula is C15H11BrF2O2. The summed E-state index contributed by atoms with van der Waals surface area (Å²) in [4.78, 5) is 12.1. The van der Waals surface area contributed by atoms with Crippen LogP contribution >= 0.6 is 15.9 Å². The molecule has 0 spiro atoms. The highest BCUT2D eigenvalue weighted by Crippen LogP contribution is 2.28. The van der Waals surface area contributed by atoms with Gasteiger partial charge in [-0.05, 0) is 36.4 Å². The van der Waals surface area contributed by atoms with Crippen molar-refractivity contribution in [3.63, 3.8) is 0 Å². The molecule has 2 rings (SSSR count). The summed E-state index contributed by atoms with van der Waals surface area (Å²) in [5, 5.41) is 0. The minimum absolute atomic E-state index is 0.0788. The highest BCUT2D eigenvalue weighted by molar-refractivity contribution is 9.10. The van der Waals surface area contributed by atoms with Gasteiger partial charge in [-0.15, -0.1) is 0 Å². The number of benzene rings is 2. The molecule has 0 unspecified atom stereocenters. The van der Waals surface area contributed by atoms with E-state index in [0.29, 0.717) is 10.0 Å². The molecule has 104 valence electrons. The molecule has 0 saturated carbocycles. The van der Waals surface area contributed by atoms with E-state index in [9.17, 15) is 13.6 Å². The molecule has 0 fully saturated rings. The van der Waals surface area contributed by atoms with Gasteiger partial charge in [0.1, 0.15) is 5.82 Å². The highest BCUT2D eigenvalue weighted by atomic mass is 79.9. The van der Waals surface area contributed by atoms with Gasteiger partial charge >= 0.3 is 0 Å². The predicted octanol–water partition coefficient (Wildman–Crippen LogP) is 4.16. The molecule has 2 nitrogen and oxygen atoms in total. The van der Waals surface area contributed by atoms with E-state index < -0.39 is 11.6 Å². The number of carbonyl (C=O) groups excluding carboxylic acids is 1. The van der Waals surface area contributed by atoms with Crippen molar-refractivity contribution >= 4 is 21.7 Å². The lowest BCUT2D eigenvalue weighted by Crippen LogP contribution is -2.07. The maximum Gasteiger partial charge on any atom is 0.169 e. The van der Waals surface area contributed by atoms with Crippen LogP contribution in [0.4, 0.5) is 8.78 Å². The number of ketones is 1. The van der Waals surface area contributed by atoms with Gasteiger partial charge in [-0.25, -0.2) is 8.78 Å². The van der Waals surface area contributed by atoms with Crippen LogP contribution in [0.1, 0.15) is 15.9 Å². The summed E-state index contributed by atoms with van der Waals surface area (Å²) in [7, 11) is 1.36. The van der Waals surface area contributed by atoms with Gasteiger partial charge in [0.15, 0.2) is 17.3 Å². The van der Waals surface area contributed by atoms with Crippen molar-refractivity contribution in [2.75, 3.05) is 7.11 Å². The van der Waals surface area contributed by atoms with Gasteiger partial charge in [0.25, 0.3) is 0 Å². The van der Waals surface area contributed by atoms with Crippen molar-refractivity contribution in [3.05, 3.63) is 63.6 Å². The average molecular weight is 341 g/mol. The first kappa shape index (κ1) is 14.7. The normalized spacial score (nSPS) is 10.4. The second-order valence-electron chi connectivity index (χ2n) is 4.15. The van der Waals surface area contributed by atoms with E-state index in [2.05, 4.69) is 15.9 Å². The number of halogens is 3. The maximum absolute atomic E-state index is 14.1. The Kier molecular flexibility index (Phi) is 4.49. The molecule has 0 aliphatic carbocycles. The summed E-state index contributed by atoms with van der Waals surface area (Å²) < 4.78 is 32.3. The van der Waals surface area contributed by atoms with E-state index in [-0.39, 0.29) is 23.5 Å². The van der Waals surface area contributed by atoms with Crippen LogP contribution in [0.15, 0.2) is 40.9 Å². The Balaban J connectivity index is 2.30. The molecule has 20 heavy (non-hydrogen) atoms. The summed E-state index contributed by atoms with van der Waals surface area (Å²) in [5.74, 6) is -1.21. The Morgan fingerprint density at radius 1 is 1.15 bits per heavy atom. The van der Waals surface area contributed by atoms with Gasteiger partial charge in [-0.2, -0.15) is 0 Å². The second-order valence-corrected chi connectivity index (χ2v) is 5.00. The zero-order valence-electron chi connectivity index (χ0n) is 10.6. The van der Waals surface area contributed by atoms with Gasteiger partial charge in [0.05, 0.1) is 7.11 Å². The van der Waals surface area contributed by atoms with Crippen molar-refractivity contribution in [3.8, 4) is 5.75 Å². The van der Waals surface area contributed by atoms with Crippen molar-refractivity contribution < 1.29 is 18.3 Å². The Labute approximate surface area is 123 Å². The van der Waals surface area contributed by atoms with E-state index in [0.717, 1.165) is 0 Å². The summed E-state index contributed by atoms with van der Waals surface area (Å²) in [6.45, 7) is 0. The minimum Gasteiger partial charge on any atom is -0.494 e. The molecule has 0 aliphatic heterocycles. The van der Waals surface area contributed by atoms with E-state index in [1.807, 2.05) is 0 Å². The average Bonchev–Trinajstić information content (AvgIpc) is 2.44. The van der Waals surface area contributed by atoms with Gasteiger partial charge in [0.2, 0.25) is 0 Å². The van der Waals surface area contributed by atoms with E-state index in [1.165, 1.54) is 37.4 Å². The lowest BCUT2D eigenvalue weighted by atomic mass is 10.0. The van der Waals surface area contributed by atoms with Gasteiger partial charge in [0, 0.05) is 22.0 Å². The zero-order chi connectivity index (χ0) is 14.7. The number of carbonyl (C=O) groups is 1. The number of ether oxygens (including phenoxy) is 1. The van der Waals surface area contributed by atoms with Gasteiger partial charge in [-0.1, -0.05) is 15.9 Å². The Morgan fingerprint density at radius 2 is 1.80 bits per heavy atom. The van der Waals surface area contributed by atoms with Crippen molar-refractivity contribution in [2.24, 2.45) is 0 Å². The molecule has 0 atom stereocenters. The standard InChI is InChI=1S/C15H11BrF2O2/c1-20-14-7-6-12(16)11(15(14)18)8-13(19)9-2-4-10(17)5-3-9/h2-7H,8H2,1H3. The number of hydrogen-bond acceptors (Lipinski definition) is 2. The molecule has 2 aromatic rings. The first-order chi connectivity index (χ1) is 9.52. The Bertz CT molecular complexity index is 639. The van der Waals surface area contributed by atoms with Crippen LogP contribution in [0, 0.1) is 11.6 Å². The molecule has 5 heteroatoms. The molecule has 0 N–H and O–H groups in total. The Morgan fingerprint density at radius 3 is 2.40 bits per heavy atom. The highest BCUT2D eigenvalue weighted by Gasteiger charge is 2.17. The molecule has 0 saturated heterocycles. The molecule has 0 bridgehead atoms. The first-order valence-electron chi connectivity index (χ1n) is 5.82. The van der Waals surface area contributed by atoms with Crippen LogP contribution in [-0.4, -0.2) is 12.9 Å². The summed E-state index contributed by atoms with van der Waals surface area (Å²) in [5.41, 5.74) is 0.555. The zero-order valence-corrected chi connectivity index (χ0v) is 12.2. The smallest absolute Gasteiger partial charge is 0.169 e. The molecule has 0 amide bonds. The second kappa shape index (κ2) is 6.13. The topological polar surface area (TPSA) is 26.3 Å². The van der Waals surface area contributed by atoms with E-state index >= 15 is 0 Å². The molecule has 0 aliphatic rings. The summed E-state index contributed by atoms with van der Waals surface area (Å²) in [6.07, 6.45) is -0.130. The van der Waals surface area contributed by atoms with Crippen LogP contribution in [0.3, 0.4) is 0 Å². The lowest BCUT2D eigenvalue weighted by molar-refractivity contribution is 0.0991. The number of Topliss-reactive ketones (excluding diaryl/α,β-unsaturated/α-hetero) is 1. The van der Waals surface area contributed by atoms with Crippen LogP contribution in [0.25, 0.3) is 0 Å². The molecule has 0 aromatic heterocycles. The van der Waals surface area contributed by atoms with Crippen LogP contribution in [0.2, 0.25) is 0 Å². The quantitative estimate of drug-likeness (QED) is 0.781. The first-order valence-corrected chi connectivity index (χ1v) is 6.62. The summed E-state index contributed by atoms with van der Waals surface area (Å²) in [6, 6.07) is 8.25. The minimum atomic E-state index is -0.572. The number of hydrogen-bond donors (Lipinski definition) is 0. The monoisotopic (exact) mass is 340 g/mol. The largest absolute Gasteiger partial charge is 0.494 e. The molecule has 0 radical (unpaired) electrons. The molecule has 2 aromatic carbocycles. The van der Waals surface area contributed by atoms with Crippen molar-refractivity contribution in [1.29, 1.82) is 0 Å². The third-order valence-electron chi connectivity index (χ3n) is 2.87. The fraction of sp³-hybridized carbons (Fsp3) is 0.133. The van der Waals surface area contributed by atoms with Crippen LogP contribution < -0.4 is 4.74 Å². The predicted molar refractivity (Wildman–Crippen MR) is 75.1 cm³/mol. The maximum atomic E-state index is 14.1. The fourth-order valence-corrected chi connectivity index (χ4v) is 2.24. The lowest BCUT2D eigenvalue weighted by Gasteiger charge is -2.09. The SMILES string of the molecule is COc1ccc(Br)c(CC(=O)c2ccc(F)cc2)c1F. The Hall–Kier alpha value is -1.75. The molecular weight excluding hydrogens is 330 g/mol. The third kappa shape index (κ3) is 3.04. The van der Waals surface area contributed by atoms with Crippen molar-refractivity contribution in [1.82, 2.24) is 0 Å². The van der Waals surface area contributed by atoms with E-state index in [4.69, 9.17) is 4.74 Å². The number of methoxy groups -OCH3 is 1. The third-order valence-corrected chi connectivity index (χ3v) is 3.62. The van der Waals surface area contributed by atoms with Crippen molar-refractivity contribution in [2.45, 2.75) is 6.42 Å². The molecule has 0 heterocycles. The van der Waals surface area contributed by atoms with Crippen LogP contribution in [-0.2, 0) is 6.42 Å². The van der Waals surface area contributed by atoms with Crippen LogP contribution in [0.5, 0.6) is 5.75 Å². The van der Waals surface area contributed by atoms with E-state index in [1.54, 1.807) is 6.07 Å². The van der Waals surface area contributed by atoms with Gasteiger partial charge in [-0.3, -0.25) is 4.79 Å². The fourth-order valence-electron chi connectivity index (χ4n) is 1.79. The van der Waals surface area contributed by atoms with Gasteiger partial charge < -0.3 is 4.74 Å². The summed E-state index contributed by atoms with van der Waals surface area (Å²) >= 11 is 3.22.